The summed E-state index contributed by atoms with van der Waals surface area (Å²) in [6.45, 7) is 3.43. The van der Waals surface area contributed by atoms with E-state index in [1.165, 1.54) is 0 Å². The molecule has 0 radical (unpaired) electrons. The molecule has 0 aromatic heterocycles. The third-order valence-corrected chi connectivity index (χ3v) is 3.09. The molecule has 0 aliphatic carbocycles. The number of carbonyl (C=O) groups is 1. The molecule has 0 unspecified atom stereocenters. The van der Waals surface area contributed by atoms with Crippen molar-refractivity contribution < 1.29 is 14.8 Å². The second kappa shape index (κ2) is 4.90. The van der Waals surface area contributed by atoms with Gasteiger partial charge in [-0.15, -0.1) is 0 Å². The first-order valence-corrected chi connectivity index (χ1v) is 5.91. The largest absolute Gasteiger partial charge is 0.488 e. The molecular formula is C12H16BNO3. The molecule has 0 fully saturated rings. The van der Waals surface area contributed by atoms with Crippen LogP contribution >= 0.6 is 0 Å². The number of rotatable bonds is 4. The van der Waals surface area contributed by atoms with Gasteiger partial charge in [-0.2, -0.15) is 0 Å². The molecule has 2 rings (SSSR count). The molecule has 1 aliphatic rings. The van der Waals surface area contributed by atoms with Crippen LogP contribution in [0.1, 0.15) is 35.7 Å². The molecule has 17 heavy (non-hydrogen) atoms. The smallest absolute Gasteiger partial charge is 0.423 e. The highest BCUT2D eigenvalue weighted by molar-refractivity contribution is 6.58. The topological polar surface area (TPSA) is 60.8 Å². The summed E-state index contributed by atoms with van der Waals surface area (Å²) in [6.07, 6.45) is 2.05. The molecule has 1 aromatic carbocycles. The zero-order chi connectivity index (χ0) is 12.4. The van der Waals surface area contributed by atoms with Gasteiger partial charge in [0.05, 0.1) is 0 Å². The summed E-state index contributed by atoms with van der Waals surface area (Å²) >= 11 is 0. The van der Waals surface area contributed by atoms with E-state index < -0.39 is 7.12 Å². The fourth-order valence-electron chi connectivity index (χ4n) is 2.09. The first-order valence-electron chi connectivity index (χ1n) is 5.91. The summed E-state index contributed by atoms with van der Waals surface area (Å²) in [5.74, 6) is 0.0485. The Labute approximate surface area is 101 Å². The van der Waals surface area contributed by atoms with Crippen LogP contribution in [0.15, 0.2) is 18.2 Å². The van der Waals surface area contributed by atoms with Crippen molar-refractivity contribution in [3.63, 3.8) is 0 Å². The molecule has 1 aromatic rings. The molecule has 0 atom stereocenters. The summed E-state index contributed by atoms with van der Waals surface area (Å²) in [4.78, 5) is 13.8. The first-order chi connectivity index (χ1) is 8.13. The van der Waals surface area contributed by atoms with E-state index in [0.29, 0.717) is 17.6 Å². The van der Waals surface area contributed by atoms with Crippen molar-refractivity contribution in [3.05, 3.63) is 29.3 Å². The number of hydrogen-bond donors (Lipinski definition) is 2. The Morgan fingerprint density at radius 2 is 2.18 bits per heavy atom. The lowest BCUT2D eigenvalue weighted by atomic mass is 9.79. The lowest BCUT2D eigenvalue weighted by molar-refractivity contribution is 0.0776. The van der Waals surface area contributed by atoms with Crippen LogP contribution in [0.3, 0.4) is 0 Å². The van der Waals surface area contributed by atoms with E-state index in [1.54, 1.807) is 18.2 Å². The van der Waals surface area contributed by atoms with Crippen LogP contribution in [0.4, 0.5) is 0 Å². The van der Waals surface area contributed by atoms with Crippen molar-refractivity contribution in [2.75, 3.05) is 6.54 Å². The maximum Gasteiger partial charge on any atom is 0.488 e. The van der Waals surface area contributed by atoms with Gasteiger partial charge in [0.1, 0.15) is 0 Å². The van der Waals surface area contributed by atoms with Crippen molar-refractivity contribution in [1.29, 1.82) is 0 Å². The summed E-state index contributed by atoms with van der Waals surface area (Å²) in [5.41, 5.74) is 2.01. The average Bonchev–Trinajstić information content (AvgIpc) is 2.63. The molecule has 1 amide bonds. The van der Waals surface area contributed by atoms with E-state index in [4.69, 9.17) is 10.0 Å². The zero-order valence-electron chi connectivity index (χ0n) is 9.89. The van der Waals surface area contributed by atoms with Gasteiger partial charge in [-0.05, 0) is 23.5 Å². The molecule has 1 aliphatic heterocycles. The SMILES string of the molecule is CCCCN1Cc2cc(B(O)O)ccc2C1=O. The highest BCUT2D eigenvalue weighted by Gasteiger charge is 2.27. The van der Waals surface area contributed by atoms with Crippen molar-refractivity contribution in [1.82, 2.24) is 4.90 Å². The van der Waals surface area contributed by atoms with Gasteiger partial charge in [-0.3, -0.25) is 4.79 Å². The van der Waals surface area contributed by atoms with Crippen LogP contribution in [0, 0.1) is 0 Å². The van der Waals surface area contributed by atoms with Crippen molar-refractivity contribution in [3.8, 4) is 0 Å². The Morgan fingerprint density at radius 3 is 2.82 bits per heavy atom. The summed E-state index contributed by atoms with van der Waals surface area (Å²) in [7, 11) is -1.47. The van der Waals surface area contributed by atoms with E-state index in [1.807, 2.05) is 4.90 Å². The van der Waals surface area contributed by atoms with E-state index in [2.05, 4.69) is 6.92 Å². The van der Waals surface area contributed by atoms with Crippen LogP contribution in [0.5, 0.6) is 0 Å². The number of carbonyl (C=O) groups excluding carboxylic acids is 1. The molecule has 0 bridgehead atoms. The molecule has 1 heterocycles. The number of fused-ring (bicyclic) bond motifs is 1. The second-order valence-electron chi connectivity index (χ2n) is 4.37. The quantitative estimate of drug-likeness (QED) is 0.726. The monoisotopic (exact) mass is 233 g/mol. The Kier molecular flexibility index (Phi) is 3.50. The minimum absolute atomic E-state index is 0.0485. The maximum absolute atomic E-state index is 12.0. The van der Waals surface area contributed by atoms with E-state index in [-0.39, 0.29) is 5.91 Å². The van der Waals surface area contributed by atoms with E-state index in [0.717, 1.165) is 24.9 Å². The molecule has 5 heteroatoms. The fraction of sp³-hybridized carbons (Fsp3) is 0.417. The van der Waals surface area contributed by atoms with Crippen molar-refractivity contribution >= 4 is 18.5 Å². The van der Waals surface area contributed by atoms with E-state index in [9.17, 15) is 4.79 Å². The molecule has 0 saturated heterocycles. The van der Waals surface area contributed by atoms with Gasteiger partial charge in [0.2, 0.25) is 0 Å². The van der Waals surface area contributed by atoms with Gasteiger partial charge in [-0.25, -0.2) is 0 Å². The third-order valence-electron chi connectivity index (χ3n) is 3.09. The molecule has 2 N–H and O–H groups in total. The fourth-order valence-corrected chi connectivity index (χ4v) is 2.09. The van der Waals surface area contributed by atoms with Gasteiger partial charge >= 0.3 is 7.12 Å². The average molecular weight is 233 g/mol. The third kappa shape index (κ3) is 2.35. The number of benzene rings is 1. The van der Waals surface area contributed by atoms with Gasteiger partial charge in [0, 0.05) is 18.7 Å². The van der Waals surface area contributed by atoms with Crippen molar-refractivity contribution in [2.24, 2.45) is 0 Å². The van der Waals surface area contributed by atoms with Crippen LogP contribution < -0.4 is 5.46 Å². The van der Waals surface area contributed by atoms with Crippen LogP contribution in [-0.2, 0) is 6.54 Å². The van der Waals surface area contributed by atoms with Crippen molar-refractivity contribution in [2.45, 2.75) is 26.3 Å². The predicted molar refractivity (Wildman–Crippen MR) is 65.9 cm³/mol. The number of hydrogen-bond acceptors (Lipinski definition) is 3. The van der Waals surface area contributed by atoms with Crippen LogP contribution in [0.2, 0.25) is 0 Å². The highest BCUT2D eigenvalue weighted by Crippen LogP contribution is 2.21. The molecular weight excluding hydrogens is 217 g/mol. The Morgan fingerprint density at radius 1 is 1.41 bits per heavy atom. The predicted octanol–water partition coefficient (Wildman–Crippen LogP) is 0.122. The number of amides is 1. The normalized spacial score (nSPS) is 14.1. The lowest BCUT2D eigenvalue weighted by Crippen LogP contribution is -2.30. The summed E-state index contributed by atoms with van der Waals surface area (Å²) < 4.78 is 0. The standard InChI is InChI=1S/C12H16BNO3/c1-2-3-6-14-8-9-7-10(13(16)17)4-5-11(9)12(14)15/h4-5,7,16-17H,2-3,6,8H2,1H3. The lowest BCUT2D eigenvalue weighted by Gasteiger charge is -2.14. The summed E-state index contributed by atoms with van der Waals surface area (Å²) in [5, 5.41) is 18.2. The first kappa shape index (κ1) is 12.1. The van der Waals surface area contributed by atoms with E-state index >= 15 is 0 Å². The minimum atomic E-state index is -1.47. The van der Waals surface area contributed by atoms with Crippen LogP contribution in [-0.4, -0.2) is 34.5 Å². The molecule has 0 saturated carbocycles. The Balaban J connectivity index is 2.19. The van der Waals surface area contributed by atoms with Gasteiger partial charge < -0.3 is 14.9 Å². The molecule has 0 spiro atoms. The summed E-state index contributed by atoms with van der Waals surface area (Å²) in [6, 6.07) is 4.97. The molecule has 4 nitrogen and oxygen atoms in total. The Hall–Kier alpha value is -1.33. The maximum atomic E-state index is 12.0. The minimum Gasteiger partial charge on any atom is -0.423 e. The highest BCUT2D eigenvalue weighted by atomic mass is 16.4. The number of nitrogens with zero attached hydrogens (tertiary/aromatic N) is 1. The zero-order valence-corrected chi connectivity index (χ0v) is 9.89. The van der Waals surface area contributed by atoms with Crippen LogP contribution in [0.25, 0.3) is 0 Å². The molecule has 90 valence electrons. The van der Waals surface area contributed by atoms with Gasteiger partial charge in [-0.1, -0.05) is 25.5 Å². The second-order valence-corrected chi connectivity index (χ2v) is 4.37. The number of unbranched alkanes of at least 4 members (excludes halogenated alkanes) is 1. The Bertz CT molecular complexity index is 434. The van der Waals surface area contributed by atoms with Gasteiger partial charge in [0.15, 0.2) is 0 Å². The van der Waals surface area contributed by atoms with Gasteiger partial charge in [0.25, 0.3) is 5.91 Å².